The van der Waals surface area contributed by atoms with Gasteiger partial charge in [-0.3, -0.25) is 0 Å². The highest BCUT2D eigenvalue weighted by Gasteiger charge is 2.39. The lowest BCUT2D eigenvalue weighted by Gasteiger charge is -2.35. The average molecular weight is 281 g/mol. The van der Waals surface area contributed by atoms with E-state index >= 15 is 0 Å². The molecule has 1 nitrogen and oxygen atoms in total. The third kappa shape index (κ3) is 2.57. The minimum atomic E-state index is 0.0716. The SMILES string of the molecule is CC.Cc1cc(C)c2c(c1)N(C)C(C)(c1ccccc1)C2. The number of nitrogens with zero attached hydrogens (tertiary/aromatic N) is 1. The number of aryl methyl sites for hydroxylation is 2. The maximum Gasteiger partial charge on any atom is 0.0663 e. The summed E-state index contributed by atoms with van der Waals surface area (Å²) in [6, 6.07) is 15.4. The summed E-state index contributed by atoms with van der Waals surface area (Å²) in [6.45, 7) is 10.8. The first-order chi connectivity index (χ1) is 10.0. The van der Waals surface area contributed by atoms with E-state index in [1.54, 1.807) is 0 Å². The van der Waals surface area contributed by atoms with E-state index in [4.69, 9.17) is 0 Å². The summed E-state index contributed by atoms with van der Waals surface area (Å²) in [4.78, 5) is 2.44. The van der Waals surface area contributed by atoms with Crippen LogP contribution in [0.2, 0.25) is 0 Å². The molecule has 1 aliphatic heterocycles. The van der Waals surface area contributed by atoms with E-state index in [9.17, 15) is 0 Å². The molecule has 112 valence electrons. The number of fused-ring (bicyclic) bond motifs is 1. The van der Waals surface area contributed by atoms with Gasteiger partial charge in [0.2, 0.25) is 0 Å². The molecule has 1 unspecified atom stereocenters. The van der Waals surface area contributed by atoms with E-state index in [2.05, 4.69) is 75.2 Å². The van der Waals surface area contributed by atoms with Gasteiger partial charge in [-0.05, 0) is 49.1 Å². The van der Waals surface area contributed by atoms with Crippen LogP contribution in [-0.2, 0) is 12.0 Å². The summed E-state index contributed by atoms with van der Waals surface area (Å²) in [5, 5.41) is 0. The van der Waals surface area contributed by atoms with E-state index in [1.165, 1.54) is 27.9 Å². The summed E-state index contributed by atoms with van der Waals surface area (Å²) in [6.07, 6.45) is 1.09. The molecule has 0 fully saturated rings. The Labute approximate surface area is 129 Å². The Balaban J connectivity index is 0.000000774. The number of anilines is 1. The number of hydrogen-bond acceptors (Lipinski definition) is 1. The zero-order valence-corrected chi connectivity index (χ0v) is 14.2. The van der Waals surface area contributed by atoms with Gasteiger partial charge in [-0.1, -0.05) is 50.2 Å². The summed E-state index contributed by atoms with van der Waals surface area (Å²) in [5.41, 5.74) is 7.12. The summed E-state index contributed by atoms with van der Waals surface area (Å²) >= 11 is 0. The third-order valence-corrected chi connectivity index (χ3v) is 4.61. The fourth-order valence-electron chi connectivity index (χ4n) is 3.33. The van der Waals surface area contributed by atoms with Crippen LogP contribution in [-0.4, -0.2) is 7.05 Å². The van der Waals surface area contributed by atoms with Crippen molar-refractivity contribution in [2.75, 3.05) is 11.9 Å². The predicted octanol–water partition coefficient (Wildman–Crippen LogP) is 5.24. The minimum absolute atomic E-state index is 0.0716. The van der Waals surface area contributed by atoms with E-state index in [0.717, 1.165) is 6.42 Å². The molecule has 21 heavy (non-hydrogen) atoms. The number of hydrogen-bond donors (Lipinski definition) is 0. The molecule has 0 bridgehead atoms. The lowest BCUT2D eigenvalue weighted by atomic mass is 9.87. The van der Waals surface area contributed by atoms with Gasteiger partial charge in [0.15, 0.2) is 0 Å². The first-order valence-electron chi connectivity index (χ1n) is 7.92. The number of rotatable bonds is 1. The molecule has 0 N–H and O–H groups in total. The Bertz CT molecular complexity index is 615. The summed E-state index contributed by atoms with van der Waals surface area (Å²) in [7, 11) is 2.22. The van der Waals surface area contributed by atoms with Crippen LogP contribution < -0.4 is 4.90 Å². The first-order valence-corrected chi connectivity index (χ1v) is 7.92. The highest BCUT2D eigenvalue weighted by molar-refractivity contribution is 5.66. The Morgan fingerprint density at radius 2 is 1.62 bits per heavy atom. The first kappa shape index (κ1) is 15.6. The normalized spacial score (nSPS) is 19.8. The molecular formula is C20H27N. The van der Waals surface area contributed by atoms with Gasteiger partial charge in [0.25, 0.3) is 0 Å². The van der Waals surface area contributed by atoms with Crippen molar-refractivity contribution in [3.8, 4) is 0 Å². The van der Waals surface area contributed by atoms with Gasteiger partial charge in [0, 0.05) is 19.2 Å². The molecule has 0 saturated carbocycles. The molecule has 1 aliphatic rings. The second-order valence-electron chi connectivity index (χ2n) is 5.96. The van der Waals surface area contributed by atoms with Crippen LogP contribution in [0.5, 0.6) is 0 Å². The monoisotopic (exact) mass is 281 g/mol. The van der Waals surface area contributed by atoms with Gasteiger partial charge in [-0.15, -0.1) is 0 Å². The molecule has 3 rings (SSSR count). The third-order valence-electron chi connectivity index (χ3n) is 4.61. The fraction of sp³-hybridized carbons (Fsp3) is 0.400. The maximum atomic E-state index is 2.44. The van der Waals surface area contributed by atoms with Gasteiger partial charge < -0.3 is 4.90 Å². The van der Waals surface area contributed by atoms with Crippen LogP contribution in [0.25, 0.3) is 0 Å². The molecule has 2 aromatic rings. The van der Waals surface area contributed by atoms with Crippen molar-refractivity contribution in [1.82, 2.24) is 0 Å². The Morgan fingerprint density at radius 3 is 2.24 bits per heavy atom. The molecular weight excluding hydrogens is 254 g/mol. The molecule has 2 aromatic carbocycles. The molecule has 0 amide bonds. The van der Waals surface area contributed by atoms with Crippen LogP contribution in [0.15, 0.2) is 42.5 Å². The van der Waals surface area contributed by atoms with Gasteiger partial charge in [-0.2, -0.15) is 0 Å². The largest absolute Gasteiger partial charge is 0.365 e. The highest BCUT2D eigenvalue weighted by Crippen LogP contribution is 2.45. The van der Waals surface area contributed by atoms with Crippen molar-refractivity contribution < 1.29 is 0 Å². The van der Waals surface area contributed by atoms with E-state index < -0.39 is 0 Å². The van der Waals surface area contributed by atoms with Gasteiger partial charge in [0.05, 0.1) is 5.54 Å². The Morgan fingerprint density at radius 1 is 1.00 bits per heavy atom. The van der Waals surface area contributed by atoms with Crippen LogP contribution in [0, 0.1) is 13.8 Å². The summed E-state index contributed by atoms with van der Waals surface area (Å²) in [5.74, 6) is 0. The second kappa shape index (κ2) is 5.93. The lowest BCUT2D eigenvalue weighted by molar-refractivity contribution is 0.491. The Hall–Kier alpha value is -1.76. The number of likely N-dealkylation sites (N-methyl/N-ethyl adjacent to an activating group) is 1. The minimum Gasteiger partial charge on any atom is -0.365 e. The molecule has 0 aromatic heterocycles. The van der Waals surface area contributed by atoms with Crippen LogP contribution in [0.4, 0.5) is 5.69 Å². The highest BCUT2D eigenvalue weighted by atomic mass is 15.2. The molecule has 0 radical (unpaired) electrons. The van der Waals surface area contributed by atoms with Crippen LogP contribution in [0.3, 0.4) is 0 Å². The Kier molecular flexibility index (Phi) is 4.41. The van der Waals surface area contributed by atoms with E-state index in [0.29, 0.717) is 0 Å². The van der Waals surface area contributed by atoms with Crippen molar-refractivity contribution in [3.05, 3.63) is 64.7 Å². The second-order valence-corrected chi connectivity index (χ2v) is 5.96. The van der Waals surface area contributed by atoms with Gasteiger partial charge >= 0.3 is 0 Å². The molecule has 0 aliphatic carbocycles. The lowest BCUT2D eigenvalue weighted by Crippen LogP contribution is -2.38. The topological polar surface area (TPSA) is 3.24 Å². The van der Waals surface area contributed by atoms with Crippen LogP contribution >= 0.6 is 0 Å². The zero-order valence-electron chi connectivity index (χ0n) is 14.2. The fourth-order valence-corrected chi connectivity index (χ4v) is 3.33. The van der Waals surface area contributed by atoms with Crippen molar-refractivity contribution in [2.24, 2.45) is 0 Å². The van der Waals surface area contributed by atoms with Crippen molar-refractivity contribution in [3.63, 3.8) is 0 Å². The standard InChI is InChI=1S/C18H21N.C2H6/c1-13-10-14(2)16-12-18(3,19(4)17(16)11-13)15-8-6-5-7-9-15;1-2/h5-11H,12H2,1-4H3;1-2H3. The quantitative estimate of drug-likeness (QED) is 0.691. The zero-order chi connectivity index (χ0) is 15.6. The van der Waals surface area contributed by atoms with Gasteiger partial charge in [-0.25, -0.2) is 0 Å². The van der Waals surface area contributed by atoms with Crippen LogP contribution in [0.1, 0.15) is 43.0 Å². The number of benzene rings is 2. The van der Waals surface area contributed by atoms with E-state index in [-0.39, 0.29) is 5.54 Å². The molecule has 1 atom stereocenters. The smallest absolute Gasteiger partial charge is 0.0663 e. The van der Waals surface area contributed by atoms with Crippen molar-refractivity contribution in [2.45, 2.75) is 46.6 Å². The maximum absolute atomic E-state index is 2.44. The molecule has 1 heteroatoms. The van der Waals surface area contributed by atoms with Crippen molar-refractivity contribution >= 4 is 5.69 Å². The molecule has 0 spiro atoms. The molecule has 1 heterocycles. The molecule has 0 saturated heterocycles. The van der Waals surface area contributed by atoms with Crippen molar-refractivity contribution in [1.29, 1.82) is 0 Å². The predicted molar refractivity (Wildman–Crippen MR) is 93.2 cm³/mol. The summed E-state index contributed by atoms with van der Waals surface area (Å²) < 4.78 is 0. The van der Waals surface area contributed by atoms with Gasteiger partial charge in [0.1, 0.15) is 0 Å². The van der Waals surface area contributed by atoms with E-state index in [1.807, 2.05) is 13.8 Å². The average Bonchev–Trinajstić information content (AvgIpc) is 2.77.